The highest BCUT2D eigenvalue weighted by atomic mass is 35.5. The first-order valence-corrected chi connectivity index (χ1v) is 6.67. The number of benzene rings is 2. The van der Waals surface area contributed by atoms with E-state index in [2.05, 4.69) is 0 Å². The molecule has 2 rings (SSSR count). The fourth-order valence-electron chi connectivity index (χ4n) is 1.93. The van der Waals surface area contributed by atoms with Crippen molar-refractivity contribution in [3.05, 3.63) is 64.2 Å². The molecule has 2 nitrogen and oxygen atoms in total. The Hall–Kier alpha value is -1.51. The van der Waals surface area contributed by atoms with Gasteiger partial charge in [0.15, 0.2) is 0 Å². The van der Waals surface area contributed by atoms with Gasteiger partial charge in [-0.25, -0.2) is 0 Å². The van der Waals surface area contributed by atoms with Gasteiger partial charge in [0.05, 0.1) is 0 Å². The summed E-state index contributed by atoms with van der Waals surface area (Å²) in [5, 5.41) is 0.720. The molecule has 0 fully saturated rings. The van der Waals surface area contributed by atoms with Crippen molar-refractivity contribution in [2.45, 2.75) is 26.5 Å². The zero-order chi connectivity index (χ0) is 13.8. The molecule has 0 bridgehead atoms. The van der Waals surface area contributed by atoms with Gasteiger partial charge in [0.2, 0.25) is 0 Å². The maximum atomic E-state index is 5.96. The second-order valence-corrected chi connectivity index (χ2v) is 5.18. The van der Waals surface area contributed by atoms with Gasteiger partial charge in [-0.2, -0.15) is 0 Å². The Labute approximate surface area is 119 Å². The lowest BCUT2D eigenvalue weighted by Crippen LogP contribution is -2.08. The second-order valence-electron chi connectivity index (χ2n) is 4.75. The largest absolute Gasteiger partial charge is 0.489 e. The van der Waals surface area contributed by atoms with E-state index < -0.39 is 0 Å². The molecule has 2 N–H and O–H groups in total. The van der Waals surface area contributed by atoms with E-state index in [9.17, 15) is 0 Å². The Morgan fingerprint density at radius 2 is 2.00 bits per heavy atom. The minimum atomic E-state index is -0.0463. The number of rotatable bonds is 4. The molecule has 2 aromatic carbocycles. The molecule has 0 radical (unpaired) electrons. The van der Waals surface area contributed by atoms with Gasteiger partial charge in [-0.05, 0) is 43.2 Å². The zero-order valence-electron chi connectivity index (χ0n) is 11.2. The predicted octanol–water partition coefficient (Wildman–Crippen LogP) is 4.25. The molecule has 1 unspecified atom stereocenters. The van der Waals surface area contributed by atoms with Crippen molar-refractivity contribution in [3.8, 4) is 5.75 Å². The first-order chi connectivity index (χ1) is 9.06. The lowest BCUT2D eigenvalue weighted by molar-refractivity contribution is 0.301. The molecule has 0 saturated carbocycles. The van der Waals surface area contributed by atoms with Crippen LogP contribution in [-0.2, 0) is 6.61 Å². The Morgan fingerprint density at radius 1 is 1.21 bits per heavy atom. The lowest BCUT2D eigenvalue weighted by Gasteiger charge is -2.15. The number of aryl methyl sites for hydroxylation is 1. The highest BCUT2D eigenvalue weighted by molar-refractivity contribution is 6.30. The third kappa shape index (κ3) is 3.72. The van der Waals surface area contributed by atoms with Gasteiger partial charge >= 0.3 is 0 Å². The Morgan fingerprint density at radius 3 is 2.68 bits per heavy atom. The van der Waals surface area contributed by atoms with Crippen LogP contribution in [0.15, 0.2) is 42.5 Å². The van der Waals surface area contributed by atoms with E-state index in [1.54, 1.807) is 0 Å². The van der Waals surface area contributed by atoms with Crippen LogP contribution in [0.2, 0.25) is 5.02 Å². The van der Waals surface area contributed by atoms with Crippen molar-refractivity contribution in [2.75, 3.05) is 0 Å². The van der Waals surface area contributed by atoms with Gasteiger partial charge in [0.1, 0.15) is 12.4 Å². The molecule has 19 heavy (non-hydrogen) atoms. The number of hydrogen-bond acceptors (Lipinski definition) is 2. The van der Waals surface area contributed by atoms with Crippen molar-refractivity contribution >= 4 is 11.6 Å². The maximum absolute atomic E-state index is 5.96. The van der Waals surface area contributed by atoms with Crippen LogP contribution in [0, 0.1) is 6.92 Å². The molecule has 0 aliphatic rings. The number of hydrogen-bond donors (Lipinski definition) is 1. The average molecular weight is 276 g/mol. The van der Waals surface area contributed by atoms with Gasteiger partial charge in [-0.3, -0.25) is 0 Å². The summed E-state index contributed by atoms with van der Waals surface area (Å²) in [5.41, 5.74) is 9.18. The van der Waals surface area contributed by atoms with Gasteiger partial charge in [0.25, 0.3) is 0 Å². The fourth-order valence-corrected chi connectivity index (χ4v) is 2.14. The molecule has 100 valence electrons. The quantitative estimate of drug-likeness (QED) is 0.905. The van der Waals surface area contributed by atoms with Crippen LogP contribution in [0.5, 0.6) is 5.75 Å². The number of halogens is 1. The normalized spacial score (nSPS) is 12.2. The third-order valence-corrected chi connectivity index (χ3v) is 3.18. The minimum Gasteiger partial charge on any atom is -0.489 e. The molecule has 0 spiro atoms. The SMILES string of the molecule is Cc1ccc(C(C)N)c(OCc2cccc(Cl)c2)c1. The van der Waals surface area contributed by atoms with Gasteiger partial charge in [0, 0.05) is 16.6 Å². The smallest absolute Gasteiger partial charge is 0.124 e. The summed E-state index contributed by atoms with van der Waals surface area (Å²) in [5.74, 6) is 0.843. The molecule has 2 aromatic rings. The third-order valence-electron chi connectivity index (χ3n) is 2.94. The number of nitrogens with two attached hydrogens (primary N) is 1. The van der Waals surface area contributed by atoms with E-state index in [1.807, 2.05) is 56.3 Å². The molecular formula is C16H18ClNO. The standard InChI is InChI=1S/C16H18ClNO/c1-11-6-7-15(12(2)18)16(8-11)19-10-13-4-3-5-14(17)9-13/h3-9,12H,10,18H2,1-2H3. The van der Waals surface area contributed by atoms with E-state index >= 15 is 0 Å². The van der Waals surface area contributed by atoms with Gasteiger partial charge in [-0.1, -0.05) is 35.9 Å². The van der Waals surface area contributed by atoms with E-state index in [4.69, 9.17) is 22.1 Å². The van der Waals surface area contributed by atoms with Crippen LogP contribution in [0.4, 0.5) is 0 Å². The molecule has 0 heterocycles. The average Bonchev–Trinajstić information content (AvgIpc) is 2.36. The van der Waals surface area contributed by atoms with Crippen molar-refractivity contribution in [1.82, 2.24) is 0 Å². The summed E-state index contributed by atoms with van der Waals surface area (Å²) in [6, 6.07) is 13.7. The van der Waals surface area contributed by atoms with Crippen molar-refractivity contribution in [1.29, 1.82) is 0 Å². The topological polar surface area (TPSA) is 35.2 Å². The van der Waals surface area contributed by atoms with Crippen molar-refractivity contribution in [2.24, 2.45) is 5.73 Å². The molecule has 0 amide bonds. The Bertz CT molecular complexity index is 566. The molecule has 0 saturated heterocycles. The molecule has 0 aromatic heterocycles. The first-order valence-electron chi connectivity index (χ1n) is 6.29. The Balaban J connectivity index is 2.17. The van der Waals surface area contributed by atoms with Gasteiger partial charge < -0.3 is 10.5 Å². The van der Waals surface area contributed by atoms with Crippen LogP contribution in [0.25, 0.3) is 0 Å². The lowest BCUT2D eigenvalue weighted by atomic mass is 10.1. The summed E-state index contributed by atoms with van der Waals surface area (Å²) in [4.78, 5) is 0. The fraction of sp³-hybridized carbons (Fsp3) is 0.250. The van der Waals surface area contributed by atoms with Crippen LogP contribution >= 0.6 is 11.6 Å². The van der Waals surface area contributed by atoms with Crippen LogP contribution in [0.1, 0.15) is 29.7 Å². The predicted molar refractivity (Wildman–Crippen MR) is 79.6 cm³/mol. The summed E-state index contributed by atoms with van der Waals surface area (Å²) in [6.07, 6.45) is 0. The molecule has 0 aliphatic carbocycles. The van der Waals surface area contributed by atoms with E-state index in [0.717, 1.165) is 27.5 Å². The summed E-state index contributed by atoms with van der Waals surface area (Å²) < 4.78 is 5.88. The van der Waals surface area contributed by atoms with E-state index in [1.165, 1.54) is 0 Å². The van der Waals surface area contributed by atoms with Crippen molar-refractivity contribution < 1.29 is 4.74 Å². The highest BCUT2D eigenvalue weighted by Gasteiger charge is 2.08. The second kappa shape index (κ2) is 6.09. The first kappa shape index (κ1) is 13.9. The van der Waals surface area contributed by atoms with E-state index in [0.29, 0.717) is 6.61 Å². The number of ether oxygens (including phenoxy) is 1. The monoisotopic (exact) mass is 275 g/mol. The van der Waals surface area contributed by atoms with Crippen LogP contribution < -0.4 is 10.5 Å². The van der Waals surface area contributed by atoms with Crippen molar-refractivity contribution in [3.63, 3.8) is 0 Å². The summed E-state index contributed by atoms with van der Waals surface area (Å²) in [7, 11) is 0. The van der Waals surface area contributed by atoms with Gasteiger partial charge in [-0.15, -0.1) is 0 Å². The van der Waals surface area contributed by atoms with Crippen LogP contribution in [-0.4, -0.2) is 0 Å². The maximum Gasteiger partial charge on any atom is 0.124 e. The summed E-state index contributed by atoms with van der Waals surface area (Å²) >= 11 is 5.96. The zero-order valence-corrected chi connectivity index (χ0v) is 11.9. The molecular weight excluding hydrogens is 258 g/mol. The Kier molecular flexibility index (Phi) is 4.46. The minimum absolute atomic E-state index is 0.0463. The highest BCUT2D eigenvalue weighted by Crippen LogP contribution is 2.26. The molecule has 1 atom stereocenters. The summed E-state index contributed by atoms with van der Waals surface area (Å²) in [6.45, 7) is 4.48. The van der Waals surface area contributed by atoms with Crippen LogP contribution in [0.3, 0.4) is 0 Å². The molecule has 0 aliphatic heterocycles. The molecule has 3 heteroatoms. The van der Waals surface area contributed by atoms with E-state index in [-0.39, 0.29) is 6.04 Å².